The molecular formula is C15H25N. The van der Waals surface area contributed by atoms with Gasteiger partial charge in [-0.05, 0) is 25.0 Å². The molecule has 0 aliphatic carbocycles. The van der Waals surface area contributed by atoms with Gasteiger partial charge < -0.3 is 0 Å². The summed E-state index contributed by atoms with van der Waals surface area (Å²) in [5.74, 6) is 0.567. The van der Waals surface area contributed by atoms with E-state index in [9.17, 15) is 0 Å². The highest BCUT2D eigenvalue weighted by atomic mass is 14.7. The van der Waals surface area contributed by atoms with Gasteiger partial charge in [-0.25, -0.2) is 0 Å². The molecule has 0 bridgehead atoms. The Bertz CT molecular complexity index is 248. The molecule has 0 rings (SSSR count). The molecule has 0 fully saturated rings. The van der Waals surface area contributed by atoms with Crippen molar-refractivity contribution in [3.8, 4) is 0 Å². The zero-order valence-corrected chi connectivity index (χ0v) is 10.8. The zero-order valence-electron chi connectivity index (χ0n) is 10.8. The van der Waals surface area contributed by atoms with E-state index in [1.807, 2.05) is 12.2 Å². The van der Waals surface area contributed by atoms with Crippen molar-refractivity contribution in [2.24, 2.45) is 10.9 Å². The second-order valence-electron chi connectivity index (χ2n) is 3.96. The van der Waals surface area contributed by atoms with E-state index in [1.165, 1.54) is 32.1 Å². The molecule has 0 heterocycles. The number of hydrogen-bond acceptors (Lipinski definition) is 1. The van der Waals surface area contributed by atoms with Gasteiger partial charge >= 0.3 is 0 Å². The Kier molecular flexibility index (Phi) is 9.69. The van der Waals surface area contributed by atoms with Crippen molar-refractivity contribution in [2.75, 3.05) is 0 Å². The number of rotatable bonds is 9. The summed E-state index contributed by atoms with van der Waals surface area (Å²) in [6, 6.07) is 0. The lowest BCUT2D eigenvalue weighted by atomic mass is 9.92. The van der Waals surface area contributed by atoms with Crippen LogP contribution < -0.4 is 0 Å². The third kappa shape index (κ3) is 6.39. The second-order valence-corrected chi connectivity index (χ2v) is 3.96. The average Bonchev–Trinajstić information content (AvgIpc) is 2.31. The molecule has 0 aromatic rings. The van der Waals surface area contributed by atoms with Gasteiger partial charge in [0.05, 0.1) is 0 Å². The van der Waals surface area contributed by atoms with E-state index in [-0.39, 0.29) is 0 Å². The molecule has 90 valence electrons. The molecule has 0 aliphatic rings. The Morgan fingerprint density at radius 3 is 2.44 bits per heavy atom. The van der Waals surface area contributed by atoms with Gasteiger partial charge in [-0.2, -0.15) is 0 Å². The van der Waals surface area contributed by atoms with Crippen molar-refractivity contribution in [3.05, 3.63) is 37.6 Å². The second kappa shape index (κ2) is 10.4. The van der Waals surface area contributed by atoms with Crippen LogP contribution in [0.1, 0.15) is 46.0 Å². The van der Waals surface area contributed by atoms with Crippen LogP contribution >= 0.6 is 0 Å². The molecule has 0 amide bonds. The minimum absolute atomic E-state index is 0.567. The van der Waals surface area contributed by atoms with Crippen molar-refractivity contribution in [2.45, 2.75) is 46.0 Å². The first-order valence-electron chi connectivity index (χ1n) is 6.27. The lowest BCUT2D eigenvalue weighted by Gasteiger charge is -2.15. The van der Waals surface area contributed by atoms with Gasteiger partial charge in [0.25, 0.3) is 0 Å². The van der Waals surface area contributed by atoms with Crippen LogP contribution in [-0.4, -0.2) is 5.71 Å². The van der Waals surface area contributed by atoms with E-state index < -0.39 is 0 Å². The topological polar surface area (TPSA) is 12.4 Å². The quantitative estimate of drug-likeness (QED) is 0.385. The van der Waals surface area contributed by atoms with Crippen molar-refractivity contribution in [1.82, 2.24) is 0 Å². The Hall–Kier alpha value is -1.11. The van der Waals surface area contributed by atoms with Gasteiger partial charge in [0.1, 0.15) is 0 Å². The molecule has 1 atom stereocenters. The van der Waals surface area contributed by atoms with Crippen LogP contribution in [0.2, 0.25) is 0 Å². The Morgan fingerprint density at radius 2 is 1.94 bits per heavy atom. The van der Waals surface area contributed by atoms with Crippen molar-refractivity contribution < 1.29 is 0 Å². The predicted molar refractivity (Wildman–Crippen MR) is 74.9 cm³/mol. The standard InChI is InChI=1S/C15H25N/c1-5-9-12-14(11-7-3)15(8-4)16-13-10-6-2/h6,8,10,13-14H,2,4-5,7,9,11-12H2,1,3H3/b13-10-,16-15?. The smallest absolute Gasteiger partial charge is 0.0428 e. The number of aliphatic imine (C=N–C) groups is 1. The monoisotopic (exact) mass is 219 g/mol. The molecule has 1 heteroatoms. The fraction of sp³-hybridized carbons (Fsp3) is 0.533. The van der Waals surface area contributed by atoms with Crippen LogP contribution in [0.4, 0.5) is 0 Å². The molecule has 0 aromatic carbocycles. The molecule has 1 nitrogen and oxygen atoms in total. The van der Waals surface area contributed by atoms with Crippen LogP contribution in [0.25, 0.3) is 0 Å². The van der Waals surface area contributed by atoms with E-state index in [4.69, 9.17) is 0 Å². The average molecular weight is 219 g/mol. The van der Waals surface area contributed by atoms with Crippen molar-refractivity contribution in [3.63, 3.8) is 0 Å². The normalized spacial score (nSPS) is 14.0. The zero-order chi connectivity index (χ0) is 12.2. The summed E-state index contributed by atoms with van der Waals surface area (Å²) >= 11 is 0. The summed E-state index contributed by atoms with van der Waals surface area (Å²) in [5, 5.41) is 0. The predicted octanol–water partition coefficient (Wildman–Crippen LogP) is 4.92. The third-order valence-corrected chi connectivity index (χ3v) is 2.62. The Labute approximate surface area is 101 Å². The van der Waals surface area contributed by atoms with Crippen LogP contribution in [0.3, 0.4) is 0 Å². The van der Waals surface area contributed by atoms with E-state index in [0.717, 1.165) is 5.71 Å². The minimum atomic E-state index is 0.567. The molecule has 0 spiro atoms. The Balaban J connectivity index is 4.54. The molecule has 1 unspecified atom stereocenters. The van der Waals surface area contributed by atoms with Crippen LogP contribution in [0.15, 0.2) is 42.6 Å². The summed E-state index contributed by atoms with van der Waals surface area (Å²) in [7, 11) is 0. The van der Waals surface area contributed by atoms with E-state index in [2.05, 4.69) is 32.0 Å². The molecule has 16 heavy (non-hydrogen) atoms. The maximum absolute atomic E-state index is 4.45. The summed E-state index contributed by atoms with van der Waals surface area (Å²) in [6.45, 7) is 11.9. The summed E-state index contributed by atoms with van der Waals surface area (Å²) in [5.41, 5.74) is 1.12. The van der Waals surface area contributed by atoms with Crippen molar-refractivity contribution in [1.29, 1.82) is 0 Å². The van der Waals surface area contributed by atoms with Gasteiger partial charge in [0, 0.05) is 17.8 Å². The van der Waals surface area contributed by atoms with Crippen LogP contribution in [0, 0.1) is 5.92 Å². The maximum Gasteiger partial charge on any atom is 0.0428 e. The molecular weight excluding hydrogens is 194 g/mol. The minimum Gasteiger partial charge on any atom is -0.261 e. The number of unbranched alkanes of at least 4 members (excludes halogenated alkanes) is 1. The summed E-state index contributed by atoms with van der Waals surface area (Å²) in [6.07, 6.45) is 13.4. The highest BCUT2D eigenvalue weighted by Gasteiger charge is 2.11. The van der Waals surface area contributed by atoms with Crippen LogP contribution in [0.5, 0.6) is 0 Å². The Morgan fingerprint density at radius 1 is 1.19 bits per heavy atom. The maximum atomic E-state index is 4.45. The number of allylic oxidation sites excluding steroid dienone is 3. The van der Waals surface area contributed by atoms with Gasteiger partial charge in [0.15, 0.2) is 0 Å². The summed E-state index contributed by atoms with van der Waals surface area (Å²) < 4.78 is 0. The summed E-state index contributed by atoms with van der Waals surface area (Å²) in [4.78, 5) is 4.45. The number of hydrogen-bond donors (Lipinski definition) is 0. The first kappa shape index (κ1) is 14.9. The van der Waals surface area contributed by atoms with E-state index in [1.54, 1.807) is 12.3 Å². The van der Waals surface area contributed by atoms with Gasteiger partial charge in [-0.1, -0.05) is 52.3 Å². The molecule has 0 aromatic heterocycles. The van der Waals surface area contributed by atoms with Gasteiger partial charge in [-0.3, -0.25) is 4.99 Å². The fourth-order valence-electron chi connectivity index (χ4n) is 1.75. The van der Waals surface area contributed by atoms with Gasteiger partial charge in [-0.15, -0.1) is 0 Å². The van der Waals surface area contributed by atoms with Crippen LogP contribution in [-0.2, 0) is 0 Å². The SMILES string of the molecule is C=C/C=C\N=C(C=C)C(CCC)CCCC. The highest BCUT2D eigenvalue weighted by molar-refractivity contribution is 5.96. The van der Waals surface area contributed by atoms with Gasteiger partial charge in [0.2, 0.25) is 0 Å². The molecule has 0 saturated heterocycles. The lowest BCUT2D eigenvalue weighted by Crippen LogP contribution is -2.11. The largest absolute Gasteiger partial charge is 0.261 e. The molecule has 0 radical (unpaired) electrons. The van der Waals surface area contributed by atoms with E-state index >= 15 is 0 Å². The fourth-order valence-corrected chi connectivity index (χ4v) is 1.75. The van der Waals surface area contributed by atoms with E-state index in [0.29, 0.717) is 5.92 Å². The highest BCUT2D eigenvalue weighted by Crippen LogP contribution is 2.17. The number of nitrogens with zero attached hydrogens (tertiary/aromatic N) is 1. The molecule has 0 N–H and O–H groups in total. The molecule has 0 aliphatic heterocycles. The molecule has 0 saturated carbocycles. The first-order valence-corrected chi connectivity index (χ1v) is 6.27. The first-order chi connectivity index (χ1) is 7.79. The third-order valence-electron chi connectivity index (χ3n) is 2.62. The van der Waals surface area contributed by atoms with Crippen molar-refractivity contribution >= 4 is 5.71 Å². The lowest BCUT2D eigenvalue weighted by molar-refractivity contribution is 0.540.